The van der Waals surface area contributed by atoms with Gasteiger partial charge < -0.3 is 10.5 Å². The highest BCUT2D eigenvalue weighted by Crippen LogP contribution is 2.34. The summed E-state index contributed by atoms with van der Waals surface area (Å²) >= 11 is 0. The topological polar surface area (TPSA) is 55.6 Å². The van der Waals surface area contributed by atoms with Gasteiger partial charge in [-0.15, -0.1) is 0 Å². The molecule has 4 heteroatoms. The first-order valence-corrected chi connectivity index (χ1v) is 7.29. The smallest absolute Gasteiger partial charge is 0.307 e. The highest BCUT2D eigenvalue weighted by molar-refractivity contribution is 5.69. The van der Waals surface area contributed by atoms with E-state index in [2.05, 4.69) is 4.90 Å². The quantitative estimate of drug-likeness (QED) is 0.773. The molecule has 1 saturated carbocycles. The Morgan fingerprint density at radius 1 is 1.28 bits per heavy atom. The normalized spacial score (nSPS) is 33.6. The van der Waals surface area contributed by atoms with Crippen molar-refractivity contribution in [3.63, 3.8) is 0 Å². The number of methoxy groups -OCH3 is 1. The molecule has 18 heavy (non-hydrogen) atoms. The fraction of sp³-hybridized carbons (Fsp3) is 0.929. The van der Waals surface area contributed by atoms with Crippen LogP contribution in [0.4, 0.5) is 0 Å². The zero-order valence-corrected chi connectivity index (χ0v) is 11.4. The van der Waals surface area contributed by atoms with Crippen molar-refractivity contribution in [1.82, 2.24) is 4.90 Å². The van der Waals surface area contributed by atoms with Crippen LogP contribution in [-0.4, -0.2) is 43.2 Å². The van der Waals surface area contributed by atoms with Crippen molar-refractivity contribution < 1.29 is 9.53 Å². The van der Waals surface area contributed by atoms with Gasteiger partial charge in [0.25, 0.3) is 0 Å². The van der Waals surface area contributed by atoms with Gasteiger partial charge in [0.2, 0.25) is 0 Å². The monoisotopic (exact) mass is 254 g/mol. The van der Waals surface area contributed by atoms with Crippen LogP contribution in [-0.2, 0) is 9.53 Å². The number of nitrogens with zero attached hydrogens (tertiary/aromatic N) is 1. The predicted molar refractivity (Wildman–Crippen MR) is 71.2 cm³/mol. The van der Waals surface area contributed by atoms with Crippen molar-refractivity contribution in [1.29, 1.82) is 0 Å². The lowest BCUT2D eigenvalue weighted by Crippen LogP contribution is -2.49. The molecule has 2 N–H and O–H groups in total. The molecule has 0 aromatic heterocycles. The Morgan fingerprint density at radius 2 is 2.11 bits per heavy atom. The van der Waals surface area contributed by atoms with E-state index in [-0.39, 0.29) is 5.97 Å². The van der Waals surface area contributed by atoms with Crippen LogP contribution in [0, 0.1) is 5.92 Å². The maximum Gasteiger partial charge on any atom is 0.307 e. The molecule has 1 heterocycles. The van der Waals surface area contributed by atoms with Crippen molar-refractivity contribution in [3.05, 3.63) is 0 Å². The largest absolute Gasteiger partial charge is 0.469 e. The Labute approximate surface area is 110 Å². The molecule has 1 aliphatic carbocycles. The summed E-state index contributed by atoms with van der Waals surface area (Å²) in [7, 11) is 1.48. The zero-order chi connectivity index (χ0) is 13.0. The number of hydrogen-bond acceptors (Lipinski definition) is 4. The summed E-state index contributed by atoms with van der Waals surface area (Å²) in [4.78, 5) is 14.1. The standard InChI is InChI=1S/C14H26N2O2/c1-18-14(17)9-12-6-2-3-8-16(12)13-7-4-5-11(13)10-15/h11-13H,2-10,15H2,1H3. The van der Waals surface area contributed by atoms with Crippen molar-refractivity contribution in [3.8, 4) is 0 Å². The number of ether oxygens (including phenoxy) is 1. The second-order valence-electron chi connectivity index (χ2n) is 5.66. The summed E-state index contributed by atoms with van der Waals surface area (Å²) in [5.74, 6) is 0.553. The molecule has 4 nitrogen and oxygen atoms in total. The lowest BCUT2D eigenvalue weighted by Gasteiger charge is -2.41. The van der Waals surface area contributed by atoms with E-state index in [0.717, 1.165) is 19.5 Å². The van der Waals surface area contributed by atoms with E-state index in [0.29, 0.717) is 24.4 Å². The molecule has 2 fully saturated rings. The first kappa shape index (κ1) is 13.8. The summed E-state index contributed by atoms with van der Waals surface area (Å²) in [5.41, 5.74) is 5.89. The SMILES string of the molecule is COC(=O)CC1CCCCN1C1CCCC1CN. The van der Waals surface area contributed by atoms with Gasteiger partial charge in [0.1, 0.15) is 0 Å². The van der Waals surface area contributed by atoms with Crippen LogP contribution in [0.3, 0.4) is 0 Å². The third kappa shape index (κ3) is 3.04. The summed E-state index contributed by atoms with van der Waals surface area (Å²) in [6, 6.07) is 0.980. The Balaban J connectivity index is 2.00. The molecule has 0 aromatic carbocycles. The summed E-state index contributed by atoms with van der Waals surface area (Å²) < 4.78 is 4.83. The molecule has 0 amide bonds. The fourth-order valence-electron chi connectivity index (χ4n) is 3.68. The Kier molecular flexibility index (Phi) is 5.01. The number of likely N-dealkylation sites (tertiary alicyclic amines) is 1. The van der Waals surface area contributed by atoms with Crippen LogP contribution in [0.25, 0.3) is 0 Å². The number of carbonyl (C=O) groups excluding carboxylic acids is 1. The first-order chi connectivity index (χ1) is 8.76. The minimum absolute atomic E-state index is 0.0748. The number of piperidine rings is 1. The van der Waals surface area contributed by atoms with Crippen LogP contribution < -0.4 is 5.73 Å². The minimum Gasteiger partial charge on any atom is -0.469 e. The molecule has 104 valence electrons. The van der Waals surface area contributed by atoms with Crippen molar-refractivity contribution in [2.45, 2.75) is 57.0 Å². The highest BCUT2D eigenvalue weighted by atomic mass is 16.5. The summed E-state index contributed by atoms with van der Waals surface area (Å²) in [5, 5.41) is 0. The minimum atomic E-state index is -0.0748. The van der Waals surface area contributed by atoms with Crippen molar-refractivity contribution in [2.75, 3.05) is 20.2 Å². The zero-order valence-electron chi connectivity index (χ0n) is 11.4. The maximum atomic E-state index is 11.5. The third-order valence-electron chi connectivity index (χ3n) is 4.65. The van der Waals surface area contributed by atoms with E-state index >= 15 is 0 Å². The molecule has 0 spiro atoms. The Morgan fingerprint density at radius 3 is 2.83 bits per heavy atom. The lowest BCUT2D eigenvalue weighted by atomic mass is 9.93. The molecule has 0 radical (unpaired) electrons. The van der Waals surface area contributed by atoms with Gasteiger partial charge in [0.05, 0.1) is 13.5 Å². The van der Waals surface area contributed by atoms with Gasteiger partial charge in [-0.1, -0.05) is 12.8 Å². The van der Waals surface area contributed by atoms with Crippen molar-refractivity contribution >= 4 is 5.97 Å². The summed E-state index contributed by atoms with van der Waals surface area (Å²) in [6.45, 7) is 1.91. The average Bonchev–Trinajstić information content (AvgIpc) is 2.87. The highest BCUT2D eigenvalue weighted by Gasteiger charge is 2.36. The van der Waals surface area contributed by atoms with E-state index < -0.39 is 0 Å². The van der Waals surface area contributed by atoms with Crippen molar-refractivity contribution in [2.24, 2.45) is 11.7 Å². The molecule has 2 aliphatic rings. The van der Waals surface area contributed by atoms with E-state index in [4.69, 9.17) is 10.5 Å². The molecule has 0 bridgehead atoms. The number of esters is 1. The number of rotatable bonds is 4. The first-order valence-electron chi connectivity index (χ1n) is 7.29. The van der Waals surface area contributed by atoms with E-state index in [1.165, 1.54) is 39.2 Å². The van der Waals surface area contributed by atoms with Crippen LogP contribution in [0.2, 0.25) is 0 Å². The van der Waals surface area contributed by atoms with Gasteiger partial charge >= 0.3 is 5.97 Å². The second-order valence-corrected chi connectivity index (χ2v) is 5.66. The molecular formula is C14H26N2O2. The van der Waals surface area contributed by atoms with Gasteiger partial charge in [-0.3, -0.25) is 9.69 Å². The number of carbonyl (C=O) groups is 1. The van der Waals surface area contributed by atoms with Crippen LogP contribution >= 0.6 is 0 Å². The molecule has 3 atom stereocenters. The lowest BCUT2D eigenvalue weighted by molar-refractivity contribution is -0.142. The van der Waals surface area contributed by atoms with E-state index in [1.54, 1.807) is 0 Å². The Bertz CT molecular complexity index is 283. The van der Waals surface area contributed by atoms with E-state index in [9.17, 15) is 4.79 Å². The maximum absolute atomic E-state index is 11.5. The average molecular weight is 254 g/mol. The summed E-state index contributed by atoms with van der Waals surface area (Å²) in [6.07, 6.45) is 7.95. The van der Waals surface area contributed by atoms with Gasteiger partial charge in [0.15, 0.2) is 0 Å². The fourth-order valence-corrected chi connectivity index (χ4v) is 3.68. The van der Waals surface area contributed by atoms with Crippen LogP contribution in [0.15, 0.2) is 0 Å². The van der Waals surface area contributed by atoms with Crippen LogP contribution in [0.1, 0.15) is 44.9 Å². The number of nitrogens with two attached hydrogens (primary N) is 1. The Hall–Kier alpha value is -0.610. The van der Waals surface area contributed by atoms with Gasteiger partial charge in [-0.05, 0) is 44.7 Å². The van der Waals surface area contributed by atoms with Gasteiger partial charge in [0, 0.05) is 12.1 Å². The molecule has 0 aromatic rings. The van der Waals surface area contributed by atoms with Gasteiger partial charge in [-0.2, -0.15) is 0 Å². The predicted octanol–water partition coefficient (Wildman–Crippen LogP) is 1.53. The molecule has 1 saturated heterocycles. The molecule has 1 aliphatic heterocycles. The molecule has 3 unspecified atom stereocenters. The van der Waals surface area contributed by atoms with Crippen LogP contribution in [0.5, 0.6) is 0 Å². The molecule has 2 rings (SSSR count). The molecular weight excluding hydrogens is 228 g/mol. The van der Waals surface area contributed by atoms with E-state index in [1.807, 2.05) is 0 Å². The second kappa shape index (κ2) is 6.53. The third-order valence-corrected chi connectivity index (χ3v) is 4.65. The van der Waals surface area contributed by atoms with Gasteiger partial charge in [-0.25, -0.2) is 0 Å². The number of hydrogen-bond donors (Lipinski definition) is 1.